The average Bonchev–Trinajstić information content (AvgIpc) is 2.38. The third kappa shape index (κ3) is 4.46. The van der Waals surface area contributed by atoms with Gasteiger partial charge in [0, 0.05) is 24.4 Å². The Morgan fingerprint density at radius 1 is 1.29 bits per heavy atom. The smallest absolute Gasteiger partial charge is 0.0246 e. The lowest BCUT2D eigenvalue weighted by molar-refractivity contribution is 0.113. The van der Waals surface area contributed by atoms with Crippen LogP contribution in [0.4, 0.5) is 0 Å². The van der Waals surface area contributed by atoms with Gasteiger partial charge >= 0.3 is 0 Å². The van der Waals surface area contributed by atoms with Crippen molar-refractivity contribution in [1.82, 2.24) is 4.90 Å². The zero-order valence-corrected chi connectivity index (χ0v) is 12.6. The molecule has 3 heteroatoms. The molecule has 0 radical (unpaired) electrons. The van der Waals surface area contributed by atoms with Crippen LogP contribution >= 0.6 is 11.8 Å². The topological polar surface area (TPSA) is 29.3 Å². The van der Waals surface area contributed by atoms with Crippen LogP contribution < -0.4 is 5.73 Å². The van der Waals surface area contributed by atoms with Crippen molar-refractivity contribution in [1.29, 1.82) is 0 Å². The highest BCUT2D eigenvalue weighted by Gasteiger charge is 2.28. The van der Waals surface area contributed by atoms with Crippen LogP contribution in [0.5, 0.6) is 0 Å². The maximum atomic E-state index is 6.04. The number of nitrogens with zero attached hydrogens (tertiary/aromatic N) is 1. The Kier molecular flexibility index (Phi) is 7.56. The number of rotatable bonds is 7. The average molecular weight is 258 g/mol. The Bertz CT molecular complexity index is 193. The van der Waals surface area contributed by atoms with E-state index >= 15 is 0 Å². The molecule has 0 heterocycles. The number of hydrogen-bond acceptors (Lipinski definition) is 3. The molecule has 1 saturated carbocycles. The molecule has 0 spiro atoms. The number of likely N-dealkylation sites (N-methyl/N-ethyl adjacent to an activating group) is 1. The highest BCUT2D eigenvalue weighted by molar-refractivity contribution is 7.98. The van der Waals surface area contributed by atoms with Crippen LogP contribution in [-0.2, 0) is 0 Å². The first-order valence-corrected chi connectivity index (χ1v) is 8.54. The van der Waals surface area contributed by atoms with Gasteiger partial charge in [0.1, 0.15) is 0 Å². The molecule has 2 N–H and O–H groups in total. The molecule has 0 aromatic heterocycles. The predicted octanol–water partition coefficient (Wildman–Crippen LogP) is 2.97. The van der Waals surface area contributed by atoms with Crippen molar-refractivity contribution in [3.8, 4) is 0 Å². The Morgan fingerprint density at radius 3 is 2.41 bits per heavy atom. The fourth-order valence-corrected chi connectivity index (χ4v) is 4.05. The first-order valence-electron chi connectivity index (χ1n) is 7.15. The summed E-state index contributed by atoms with van der Waals surface area (Å²) in [6.45, 7) is 3.12. The summed E-state index contributed by atoms with van der Waals surface area (Å²) in [5.74, 6) is 2.07. The van der Waals surface area contributed by atoms with Crippen LogP contribution in [0.2, 0.25) is 0 Å². The molecule has 0 bridgehead atoms. The van der Waals surface area contributed by atoms with E-state index in [1.807, 2.05) is 11.8 Å². The van der Waals surface area contributed by atoms with Gasteiger partial charge in [-0.3, -0.25) is 4.90 Å². The molecule has 0 aliphatic heterocycles. The maximum Gasteiger partial charge on any atom is 0.0246 e. The highest BCUT2D eigenvalue weighted by atomic mass is 32.2. The molecule has 1 aliphatic rings. The van der Waals surface area contributed by atoms with Gasteiger partial charge in [-0.1, -0.05) is 26.2 Å². The molecule has 0 aromatic carbocycles. The predicted molar refractivity (Wildman–Crippen MR) is 79.6 cm³/mol. The minimum absolute atomic E-state index is 0.604. The van der Waals surface area contributed by atoms with Crippen molar-refractivity contribution in [2.24, 2.45) is 11.7 Å². The van der Waals surface area contributed by atoms with Crippen molar-refractivity contribution in [2.75, 3.05) is 25.6 Å². The van der Waals surface area contributed by atoms with Crippen LogP contribution in [0, 0.1) is 5.92 Å². The summed E-state index contributed by atoms with van der Waals surface area (Å²) in [4.78, 5) is 2.58. The summed E-state index contributed by atoms with van der Waals surface area (Å²) in [6.07, 6.45) is 10.5. The van der Waals surface area contributed by atoms with Crippen LogP contribution in [0.1, 0.15) is 45.4 Å². The molecule has 17 heavy (non-hydrogen) atoms. The maximum absolute atomic E-state index is 6.04. The van der Waals surface area contributed by atoms with Crippen LogP contribution in [0.3, 0.4) is 0 Å². The molecule has 0 aromatic rings. The lowest BCUT2D eigenvalue weighted by Gasteiger charge is -2.40. The van der Waals surface area contributed by atoms with E-state index in [0.717, 1.165) is 12.5 Å². The van der Waals surface area contributed by atoms with Crippen LogP contribution in [-0.4, -0.2) is 42.6 Å². The molecule has 1 rings (SSSR count). The second-order valence-electron chi connectivity index (χ2n) is 5.38. The van der Waals surface area contributed by atoms with Crippen molar-refractivity contribution in [3.05, 3.63) is 0 Å². The Hall–Kier alpha value is 0.270. The monoisotopic (exact) mass is 258 g/mol. The van der Waals surface area contributed by atoms with Crippen molar-refractivity contribution in [2.45, 2.75) is 57.5 Å². The molecular weight excluding hydrogens is 228 g/mol. The molecule has 2 nitrogen and oxygen atoms in total. The lowest BCUT2D eigenvalue weighted by Crippen LogP contribution is -2.49. The van der Waals surface area contributed by atoms with Gasteiger partial charge in [0.25, 0.3) is 0 Å². The van der Waals surface area contributed by atoms with Crippen molar-refractivity contribution in [3.63, 3.8) is 0 Å². The standard InChI is InChI=1S/C14H30N2S/c1-4-13(11-17-3)16(2)14(10-15)12-8-6-5-7-9-12/h12-14H,4-11,15H2,1-3H3. The molecule has 2 unspecified atom stereocenters. The molecular formula is C14H30N2S. The second kappa shape index (κ2) is 8.39. The Labute approximate surface area is 112 Å². The lowest BCUT2D eigenvalue weighted by atomic mass is 9.83. The molecule has 1 fully saturated rings. The summed E-state index contributed by atoms with van der Waals surface area (Å²) in [7, 11) is 2.29. The largest absolute Gasteiger partial charge is 0.329 e. The van der Waals surface area contributed by atoms with Gasteiger partial charge in [0.15, 0.2) is 0 Å². The van der Waals surface area contributed by atoms with Crippen molar-refractivity contribution >= 4 is 11.8 Å². The fraction of sp³-hybridized carbons (Fsp3) is 1.00. The van der Waals surface area contributed by atoms with Gasteiger partial charge in [-0.15, -0.1) is 0 Å². The molecule has 0 amide bonds. The summed E-state index contributed by atoms with van der Waals surface area (Å²) in [6, 6.07) is 1.30. The van der Waals surface area contributed by atoms with Gasteiger partial charge in [-0.25, -0.2) is 0 Å². The van der Waals surface area contributed by atoms with E-state index in [4.69, 9.17) is 5.73 Å². The minimum atomic E-state index is 0.604. The first-order chi connectivity index (χ1) is 8.24. The SMILES string of the molecule is CCC(CSC)N(C)C(CN)C1CCCCC1. The highest BCUT2D eigenvalue weighted by Crippen LogP contribution is 2.29. The summed E-state index contributed by atoms with van der Waals surface area (Å²) < 4.78 is 0. The van der Waals surface area contributed by atoms with E-state index in [1.165, 1.54) is 44.3 Å². The van der Waals surface area contributed by atoms with Crippen molar-refractivity contribution < 1.29 is 0 Å². The van der Waals surface area contributed by atoms with Gasteiger partial charge in [0.2, 0.25) is 0 Å². The minimum Gasteiger partial charge on any atom is -0.329 e. The van der Waals surface area contributed by atoms with E-state index < -0.39 is 0 Å². The summed E-state index contributed by atoms with van der Waals surface area (Å²) in [5.41, 5.74) is 6.04. The second-order valence-corrected chi connectivity index (χ2v) is 6.29. The van der Waals surface area contributed by atoms with E-state index in [9.17, 15) is 0 Å². The van der Waals surface area contributed by atoms with Crippen LogP contribution in [0.15, 0.2) is 0 Å². The van der Waals surface area contributed by atoms with Gasteiger partial charge < -0.3 is 5.73 Å². The first kappa shape index (κ1) is 15.3. The molecule has 2 atom stereocenters. The van der Waals surface area contributed by atoms with Crippen LogP contribution in [0.25, 0.3) is 0 Å². The number of thioether (sulfide) groups is 1. The quantitative estimate of drug-likeness (QED) is 0.761. The van der Waals surface area contributed by atoms with E-state index in [-0.39, 0.29) is 0 Å². The van der Waals surface area contributed by atoms with E-state index in [1.54, 1.807) is 0 Å². The molecule has 0 saturated heterocycles. The normalized spacial score (nSPS) is 21.7. The van der Waals surface area contributed by atoms with Gasteiger partial charge in [-0.2, -0.15) is 11.8 Å². The number of nitrogens with two attached hydrogens (primary N) is 1. The van der Waals surface area contributed by atoms with E-state index in [2.05, 4.69) is 25.1 Å². The summed E-state index contributed by atoms with van der Waals surface area (Å²) in [5, 5.41) is 0. The zero-order chi connectivity index (χ0) is 12.7. The van der Waals surface area contributed by atoms with Gasteiger partial charge in [0.05, 0.1) is 0 Å². The Balaban J connectivity index is 2.57. The Morgan fingerprint density at radius 2 is 1.94 bits per heavy atom. The zero-order valence-electron chi connectivity index (χ0n) is 11.8. The third-order valence-corrected chi connectivity index (χ3v) is 5.08. The van der Waals surface area contributed by atoms with E-state index in [0.29, 0.717) is 12.1 Å². The summed E-state index contributed by atoms with van der Waals surface area (Å²) >= 11 is 1.95. The fourth-order valence-electron chi connectivity index (χ4n) is 3.20. The molecule has 102 valence electrons. The van der Waals surface area contributed by atoms with Gasteiger partial charge in [-0.05, 0) is 38.5 Å². The molecule has 1 aliphatic carbocycles. The third-order valence-electron chi connectivity index (χ3n) is 4.36. The number of hydrogen-bond donors (Lipinski definition) is 1.